The average molecular weight is 162 g/mol. The maximum atomic E-state index is 10.5. The van der Waals surface area contributed by atoms with Crippen molar-refractivity contribution < 1.29 is 10.3 Å². The Morgan fingerprint density at radius 1 is 1.60 bits per heavy atom. The molecule has 54 valence electrons. The molecule has 1 aromatic rings. The van der Waals surface area contributed by atoms with Gasteiger partial charge >= 0.3 is 5.56 Å². The molecule has 0 unspecified atom stereocenters. The van der Waals surface area contributed by atoms with Crippen LogP contribution in [0.1, 0.15) is 0 Å². The molecule has 2 N–H and O–H groups in total. The van der Waals surface area contributed by atoms with Gasteiger partial charge in [0.25, 0.3) is 0 Å². The monoisotopic (exact) mass is 161 g/mol. The van der Waals surface area contributed by atoms with Gasteiger partial charge in [-0.3, -0.25) is 4.79 Å². The van der Waals surface area contributed by atoms with Gasteiger partial charge in [-0.25, -0.2) is 0 Å². The van der Waals surface area contributed by atoms with Crippen LogP contribution in [-0.4, -0.2) is 15.0 Å². The standard InChI is InChI=1S/C5H4ClNO3/c6-3-1-4(8)5(9)7(10)2-3/h1-2,8,10H. The fraction of sp³-hybridized carbons (Fsp3) is 0. The van der Waals surface area contributed by atoms with E-state index in [4.69, 9.17) is 21.9 Å². The van der Waals surface area contributed by atoms with Crippen LogP contribution in [0.5, 0.6) is 5.75 Å². The zero-order valence-corrected chi connectivity index (χ0v) is 5.54. The molecule has 0 aliphatic rings. The van der Waals surface area contributed by atoms with Gasteiger partial charge < -0.3 is 10.3 Å². The van der Waals surface area contributed by atoms with Crippen molar-refractivity contribution >= 4 is 11.6 Å². The van der Waals surface area contributed by atoms with Crippen molar-refractivity contribution in [2.45, 2.75) is 0 Å². The largest absolute Gasteiger partial charge is 0.503 e. The Morgan fingerprint density at radius 2 is 2.20 bits per heavy atom. The molecule has 0 fully saturated rings. The van der Waals surface area contributed by atoms with Gasteiger partial charge in [-0.2, -0.15) is 4.73 Å². The number of hydrogen-bond donors (Lipinski definition) is 2. The van der Waals surface area contributed by atoms with E-state index in [0.717, 1.165) is 12.3 Å². The van der Waals surface area contributed by atoms with Gasteiger partial charge in [0, 0.05) is 6.07 Å². The summed E-state index contributed by atoms with van der Waals surface area (Å²) in [5, 5.41) is 17.4. The number of hydrogen-bond acceptors (Lipinski definition) is 3. The molecule has 0 bridgehead atoms. The summed E-state index contributed by atoms with van der Waals surface area (Å²) < 4.78 is 0.220. The van der Waals surface area contributed by atoms with E-state index in [1.165, 1.54) is 0 Å². The SMILES string of the molecule is O=c1c(O)cc(Cl)cn1O. The second-order valence-electron chi connectivity index (χ2n) is 1.69. The van der Waals surface area contributed by atoms with Crippen LogP contribution in [0.15, 0.2) is 17.1 Å². The fourth-order valence-corrected chi connectivity index (χ4v) is 0.718. The van der Waals surface area contributed by atoms with Gasteiger partial charge in [0.1, 0.15) is 0 Å². The summed E-state index contributed by atoms with van der Waals surface area (Å²) in [4.78, 5) is 10.5. The molecule has 1 heterocycles. The van der Waals surface area contributed by atoms with Crippen LogP contribution in [0.2, 0.25) is 5.02 Å². The van der Waals surface area contributed by atoms with E-state index >= 15 is 0 Å². The summed E-state index contributed by atoms with van der Waals surface area (Å²) >= 11 is 5.34. The first-order chi connectivity index (χ1) is 4.61. The van der Waals surface area contributed by atoms with Crippen molar-refractivity contribution in [1.29, 1.82) is 0 Å². The molecule has 1 aromatic heterocycles. The smallest absolute Gasteiger partial charge is 0.324 e. The molecular formula is C5H4ClNO3. The van der Waals surface area contributed by atoms with Crippen LogP contribution in [0, 0.1) is 0 Å². The number of aromatic nitrogens is 1. The summed E-state index contributed by atoms with van der Waals surface area (Å²) in [6, 6.07) is 1.05. The molecule has 4 nitrogen and oxygen atoms in total. The maximum Gasteiger partial charge on any atom is 0.324 e. The van der Waals surface area contributed by atoms with E-state index in [0.29, 0.717) is 0 Å². The third kappa shape index (κ3) is 1.06. The Kier molecular flexibility index (Phi) is 1.55. The lowest BCUT2D eigenvalue weighted by molar-refractivity contribution is 0.171. The highest BCUT2D eigenvalue weighted by molar-refractivity contribution is 6.30. The number of halogens is 1. The Labute approximate surface area is 60.9 Å². The lowest BCUT2D eigenvalue weighted by atomic mass is 10.4. The van der Waals surface area contributed by atoms with Gasteiger partial charge in [-0.05, 0) is 0 Å². The van der Waals surface area contributed by atoms with Crippen LogP contribution >= 0.6 is 11.6 Å². The zero-order chi connectivity index (χ0) is 7.72. The second-order valence-corrected chi connectivity index (χ2v) is 2.13. The minimum Gasteiger partial charge on any atom is -0.503 e. The summed E-state index contributed by atoms with van der Waals surface area (Å²) in [7, 11) is 0. The Morgan fingerprint density at radius 3 is 2.70 bits per heavy atom. The van der Waals surface area contributed by atoms with E-state index in [9.17, 15) is 4.79 Å². The number of aromatic hydroxyl groups is 1. The highest BCUT2D eigenvalue weighted by Crippen LogP contribution is 2.09. The maximum absolute atomic E-state index is 10.5. The van der Waals surface area contributed by atoms with Crippen molar-refractivity contribution in [3.63, 3.8) is 0 Å². The van der Waals surface area contributed by atoms with Crippen molar-refractivity contribution in [2.75, 3.05) is 0 Å². The third-order valence-electron chi connectivity index (χ3n) is 0.947. The molecule has 0 aromatic carbocycles. The predicted molar refractivity (Wildman–Crippen MR) is 34.6 cm³/mol. The molecular weight excluding hydrogens is 158 g/mol. The van der Waals surface area contributed by atoms with Crippen molar-refractivity contribution in [3.8, 4) is 5.75 Å². The summed E-state index contributed by atoms with van der Waals surface area (Å²) in [5.74, 6) is -0.574. The normalized spacial score (nSPS) is 9.70. The second kappa shape index (κ2) is 2.22. The van der Waals surface area contributed by atoms with E-state index in [-0.39, 0.29) is 9.75 Å². The summed E-state index contributed by atoms with van der Waals surface area (Å²) in [5.41, 5.74) is -0.885. The number of pyridine rings is 1. The minimum absolute atomic E-state index is 0.0969. The molecule has 0 aliphatic heterocycles. The first kappa shape index (κ1) is 6.95. The summed E-state index contributed by atoms with van der Waals surface area (Å²) in [6.07, 6.45) is 0.990. The van der Waals surface area contributed by atoms with Crippen LogP contribution < -0.4 is 5.56 Å². The molecule has 10 heavy (non-hydrogen) atoms. The minimum atomic E-state index is -0.885. The van der Waals surface area contributed by atoms with Gasteiger partial charge in [-0.1, -0.05) is 11.6 Å². The van der Waals surface area contributed by atoms with Crippen LogP contribution in [0.4, 0.5) is 0 Å². The van der Waals surface area contributed by atoms with Gasteiger partial charge in [-0.15, -0.1) is 0 Å². The van der Waals surface area contributed by atoms with Crippen molar-refractivity contribution in [1.82, 2.24) is 4.73 Å². The predicted octanol–water partition coefficient (Wildman–Crippen LogP) is 0.445. The molecule has 1 rings (SSSR count). The molecule has 5 heteroatoms. The highest BCUT2D eigenvalue weighted by Gasteiger charge is 2.00. The lowest BCUT2D eigenvalue weighted by Gasteiger charge is -1.95. The van der Waals surface area contributed by atoms with Crippen LogP contribution in [0.25, 0.3) is 0 Å². The van der Waals surface area contributed by atoms with E-state index in [1.807, 2.05) is 0 Å². The fourth-order valence-electron chi connectivity index (χ4n) is 0.522. The molecule has 0 atom stereocenters. The first-order valence-corrected chi connectivity index (χ1v) is 2.79. The van der Waals surface area contributed by atoms with E-state index < -0.39 is 11.3 Å². The molecule has 0 amide bonds. The molecule has 0 radical (unpaired) electrons. The van der Waals surface area contributed by atoms with E-state index in [2.05, 4.69) is 0 Å². The van der Waals surface area contributed by atoms with Gasteiger partial charge in [0.15, 0.2) is 5.75 Å². The Bertz CT molecular complexity index is 280. The molecule has 0 saturated carbocycles. The van der Waals surface area contributed by atoms with Crippen LogP contribution in [0.3, 0.4) is 0 Å². The van der Waals surface area contributed by atoms with Crippen molar-refractivity contribution in [2.24, 2.45) is 0 Å². The molecule has 0 spiro atoms. The Balaban J connectivity index is 3.46. The quantitative estimate of drug-likeness (QED) is 0.543. The average Bonchev–Trinajstić information content (AvgIpc) is 1.82. The summed E-state index contributed by atoms with van der Waals surface area (Å²) in [6.45, 7) is 0. The lowest BCUT2D eigenvalue weighted by Crippen LogP contribution is -2.15. The van der Waals surface area contributed by atoms with Crippen molar-refractivity contribution in [3.05, 3.63) is 27.6 Å². The topological polar surface area (TPSA) is 62.5 Å². The van der Waals surface area contributed by atoms with Gasteiger partial charge in [0.2, 0.25) is 0 Å². The van der Waals surface area contributed by atoms with E-state index in [1.54, 1.807) is 0 Å². The molecule has 0 aliphatic carbocycles. The number of nitrogens with zero attached hydrogens (tertiary/aromatic N) is 1. The number of rotatable bonds is 0. The first-order valence-electron chi connectivity index (χ1n) is 2.41. The zero-order valence-electron chi connectivity index (χ0n) is 4.78. The van der Waals surface area contributed by atoms with Gasteiger partial charge in [0.05, 0.1) is 11.2 Å². The highest BCUT2D eigenvalue weighted by atomic mass is 35.5. The molecule has 0 saturated heterocycles. The van der Waals surface area contributed by atoms with Crippen LogP contribution in [-0.2, 0) is 0 Å². The third-order valence-corrected chi connectivity index (χ3v) is 1.15. The Hall–Kier alpha value is -1.16.